The molecule has 1 aliphatic rings. The van der Waals surface area contributed by atoms with Crippen LogP contribution in [-0.4, -0.2) is 0 Å². The van der Waals surface area contributed by atoms with Crippen LogP contribution in [0.5, 0.6) is 0 Å². The Labute approximate surface area is 128 Å². The quantitative estimate of drug-likeness (QED) is 0.699. The summed E-state index contributed by atoms with van der Waals surface area (Å²) in [4.78, 5) is 1.41. The van der Waals surface area contributed by atoms with Crippen LogP contribution in [0, 0.1) is 0 Å². The Morgan fingerprint density at radius 3 is 2.89 bits per heavy atom. The summed E-state index contributed by atoms with van der Waals surface area (Å²) in [6, 6.07) is 8.22. The molecule has 18 heavy (non-hydrogen) atoms. The Bertz CT molecular complexity index is 597. The van der Waals surface area contributed by atoms with Gasteiger partial charge in [0.25, 0.3) is 0 Å². The van der Waals surface area contributed by atoms with Crippen molar-refractivity contribution in [2.75, 3.05) is 5.32 Å². The fourth-order valence-electron chi connectivity index (χ4n) is 2.27. The second kappa shape index (κ2) is 5.04. The maximum absolute atomic E-state index is 6.06. The molecule has 1 nitrogen and oxygen atoms in total. The average molecular weight is 363 g/mol. The second-order valence-electron chi connectivity index (χ2n) is 4.29. The van der Waals surface area contributed by atoms with Crippen molar-refractivity contribution >= 4 is 56.2 Å². The van der Waals surface area contributed by atoms with Crippen LogP contribution in [0.1, 0.15) is 22.9 Å². The Morgan fingerprint density at radius 1 is 1.28 bits per heavy atom. The van der Waals surface area contributed by atoms with Gasteiger partial charge in [-0.25, -0.2) is 0 Å². The van der Waals surface area contributed by atoms with E-state index in [4.69, 9.17) is 23.2 Å². The first-order valence-corrected chi connectivity index (χ1v) is 8.00. The highest BCUT2D eigenvalue weighted by Crippen LogP contribution is 2.41. The highest BCUT2D eigenvalue weighted by atomic mass is 79.9. The largest absolute Gasteiger partial charge is 0.377 e. The topological polar surface area (TPSA) is 12.0 Å². The summed E-state index contributed by atoms with van der Waals surface area (Å²) in [5.74, 6) is 0. The fraction of sp³-hybridized carbons (Fsp3) is 0.231. The molecule has 0 fully saturated rings. The number of nitrogens with one attached hydrogen (secondary N) is 1. The van der Waals surface area contributed by atoms with Crippen LogP contribution in [-0.2, 0) is 6.42 Å². The van der Waals surface area contributed by atoms with Crippen LogP contribution in [0.15, 0.2) is 28.7 Å². The van der Waals surface area contributed by atoms with Gasteiger partial charge >= 0.3 is 0 Å². The minimum absolute atomic E-state index is 0.348. The van der Waals surface area contributed by atoms with Crippen LogP contribution in [0.3, 0.4) is 0 Å². The first kappa shape index (κ1) is 12.8. The molecule has 0 amide bonds. The molecule has 0 saturated heterocycles. The van der Waals surface area contributed by atoms with E-state index in [2.05, 4.69) is 27.3 Å². The van der Waals surface area contributed by atoms with Crippen LogP contribution in [0.25, 0.3) is 0 Å². The van der Waals surface area contributed by atoms with E-state index in [-0.39, 0.29) is 0 Å². The number of fused-ring (bicyclic) bond motifs is 1. The third-order valence-corrected chi connectivity index (χ3v) is 5.34. The number of rotatable bonds is 2. The summed E-state index contributed by atoms with van der Waals surface area (Å²) in [5, 5.41) is 4.28. The molecular weight excluding hydrogens is 353 g/mol. The molecule has 1 aromatic heterocycles. The van der Waals surface area contributed by atoms with Gasteiger partial charge in [0.05, 0.1) is 10.4 Å². The van der Waals surface area contributed by atoms with Gasteiger partial charge in [-0.3, -0.25) is 0 Å². The molecule has 0 spiro atoms. The Balaban J connectivity index is 1.85. The molecule has 1 atom stereocenters. The molecule has 0 bridgehead atoms. The molecule has 1 unspecified atom stereocenters. The van der Waals surface area contributed by atoms with Gasteiger partial charge in [0.1, 0.15) is 0 Å². The standard InChI is InChI=1S/C13H10BrCl2NS/c14-9-5-7(15)1-2-11(9)17-10-3-4-12-8(10)6-13(16)18-12/h1-2,5-6,10,17H,3-4H2. The Hall–Kier alpha value is -0.220. The van der Waals surface area contributed by atoms with Gasteiger partial charge in [-0.05, 0) is 58.6 Å². The fourth-order valence-corrected chi connectivity index (χ4v) is 4.43. The van der Waals surface area contributed by atoms with Crippen molar-refractivity contribution in [1.29, 1.82) is 0 Å². The van der Waals surface area contributed by atoms with Crippen LogP contribution >= 0.6 is 50.5 Å². The number of hydrogen-bond donors (Lipinski definition) is 1. The third-order valence-electron chi connectivity index (χ3n) is 3.11. The van der Waals surface area contributed by atoms with E-state index in [0.717, 1.165) is 32.4 Å². The summed E-state index contributed by atoms with van der Waals surface area (Å²) in [7, 11) is 0. The first-order chi connectivity index (χ1) is 8.63. The van der Waals surface area contributed by atoms with Crippen molar-refractivity contribution in [3.63, 3.8) is 0 Å². The number of thiophene rings is 1. The highest BCUT2D eigenvalue weighted by molar-refractivity contribution is 9.10. The van der Waals surface area contributed by atoms with Crippen LogP contribution in [0.2, 0.25) is 9.36 Å². The van der Waals surface area contributed by atoms with E-state index < -0.39 is 0 Å². The molecule has 5 heteroatoms. The Kier molecular flexibility index (Phi) is 3.59. The van der Waals surface area contributed by atoms with Crippen molar-refractivity contribution in [1.82, 2.24) is 0 Å². The highest BCUT2D eigenvalue weighted by Gasteiger charge is 2.25. The van der Waals surface area contributed by atoms with Crippen molar-refractivity contribution in [2.24, 2.45) is 0 Å². The summed E-state index contributed by atoms with van der Waals surface area (Å²) in [5.41, 5.74) is 2.41. The van der Waals surface area contributed by atoms with Crippen molar-refractivity contribution in [2.45, 2.75) is 18.9 Å². The van der Waals surface area contributed by atoms with E-state index in [1.54, 1.807) is 11.3 Å². The lowest BCUT2D eigenvalue weighted by Gasteiger charge is -2.16. The molecular formula is C13H10BrCl2NS. The monoisotopic (exact) mass is 361 g/mol. The van der Waals surface area contributed by atoms with E-state index in [1.807, 2.05) is 18.2 Å². The lowest BCUT2D eigenvalue weighted by atomic mass is 10.1. The Morgan fingerprint density at radius 2 is 2.11 bits per heavy atom. The smallest absolute Gasteiger partial charge is 0.0934 e. The number of hydrogen-bond acceptors (Lipinski definition) is 2. The normalized spacial score (nSPS) is 17.8. The van der Waals surface area contributed by atoms with E-state index >= 15 is 0 Å². The molecule has 2 aromatic rings. The zero-order valence-electron chi connectivity index (χ0n) is 9.34. The van der Waals surface area contributed by atoms with Crippen molar-refractivity contribution in [3.8, 4) is 0 Å². The number of benzene rings is 1. The lowest BCUT2D eigenvalue weighted by molar-refractivity contribution is 0.762. The maximum Gasteiger partial charge on any atom is 0.0934 e. The molecule has 0 saturated carbocycles. The minimum atomic E-state index is 0.348. The molecule has 1 aliphatic carbocycles. The third kappa shape index (κ3) is 2.42. The summed E-state index contributed by atoms with van der Waals surface area (Å²) in [6.07, 6.45) is 2.23. The van der Waals surface area contributed by atoms with E-state index in [9.17, 15) is 0 Å². The second-order valence-corrected chi connectivity index (χ2v) is 7.35. The lowest BCUT2D eigenvalue weighted by Crippen LogP contribution is -2.06. The van der Waals surface area contributed by atoms with Gasteiger partial charge in [-0.15, -0.1) is 11.3 Å². The van der Waals surface area contributed by atoms with Gasteiger partial charge in [0.2, 0.25) is 0 Å². The van der Waals surface area contributed by atoms with Crippen molar-refractivity contribution < 1.29 is 0 Å². The summed E-state index contributed by atoms with van der Waals surface area (Å²) < 4.78 is 1.87. The van der Waals surface area contributed by atoms with Gasteiger partial charge in [-0.2, -0.15) is 0 Å². The van der Waals surface area contributed by atoms with E-state index in [0.29, 0.717) is 6.04 Å². The molecule has 1 heterocycles. The predicted molar refractivity (Wildman–Crippen MR) is 83.2 cm³/mol. The molecule has 1 aromatic carbocycles. The van der Waals surface area contributed by atoms with Gasteiger partial charge < -0.3 is 5.32 Å². The summed E-state index contributed by atoms with van der Waals surface area (Å²) in [6.45, 7) is 0. The van der Waals surface area contributed by atoms with Crippen molar-refractivity contribution in [3.05, 3.63) is 48.5 Å². The predicted octanol–water partition coefficient (Wildman–Crippen LogP) is 5.92. The first-order valence-electron chi connectivity index (χ1n) is 5.63. The van der Waals surface area contributed by atoms with Crippen LogP contribution < -0.4 is 5.32 Å². The number of halogens is 3. The number of anilines is 1. The van der Waals surface area contributed by atoms with E-state index in [1.165, 1.54) is 10.4 Å². The number of aryl methyl sites for hydroxylation is 1. The minimum Gasteiger partial charge on any atom is -0.377 e. The van der Waals surface area contributed by atoms with Gasteiger partial charge in [-0.1, -0.05) is 23.2 Å². The zero-order valence-corrected chi connectivity index (χ0v) is 13.3. The molecule has 1 N–H and O–H groups in total. The van der Waals surface area contributed by atoms with Crippen LogP contribution in [0.4, 0.5) is 5.69 Å². The average Bonchev–Trinajstić information content (AvgIpc) is 2.83. The zero-order chi connectivity index (χ0) is 12.7. The van der Waals surface area contributed by atoms with Gasteiger partial charge in [0.15, 0.2) is 0 Å². The summed E-state index contributed by atoms with van der Waals surface area (Å²) >= 11 is 17.2. The van der Waals surface area contributed by atoms with Gasteiger partial charge in [0, 0.05) is 20.1 Å². The maximum atomic E-state index is 6.06. The molecule has 0 aliphatic heterocycles. The molecule has 94 valence electrons. The molecule has 3 rings (SSSR count). The SMILES string of the molecule is Clc1ccc(NC2CCc3sc(Cl)cc32)c(Br)c1. The molecule has 0 radical (unpaired) electrons.